The Morgan fingerprint density at radius 1 is 0.906 bits per heavy atom. The van der Waals surface area contributed by atoms with Gasteiger partial charge in [0.15, 0.2) is 0 Å². The third-order valence-corrected chi connectivity index (χ3v) is 7.84. The zero-order chi connectivity index (χ0) is 22.7. The van der Waals surface area contributed by atoms with Crippen molar-refractivity contribution < 1.29 is 17.2 Å². The Hall–Kier alpha value is -2.48. The van der Waals surface area contributed by atoms with Crippen LogP contribution in [0.15, 0.2) is 77.7 Å². The molecule has 32 heavy (non-hydrogen) atoms. The Labute approximate surface area is 192 Å². The van der Waals surface area contributed by atoms with Crippen molar-refractivity contribution in [3.05, 3.63) is 95.0 Å². The summed E-state index contributed by atoms with van der Waals surface area (Å²) in [6.07, 6.45) is 1.14. The van der Waals surface area contributed by atoms with Crippen LogP contribution in [0.5, 0.6) is 0 Å². The van der Waals surface area contributed by atoms with E-state index >= 15 is 0 Å². The maximum Gasteiger partial charge on any atom is 0.264 e. The molecule has 4 nitrogen and oxygen atoms in total. The third-order valence-electron chi connectivity index (χ3n) is 5.69. The number of likely N-dealkylation sites (tertiary alicyclic amines) is 1. The van der Waals surface area contributed by atoms with E-state index in [4.69, 9.17) is 11.6 Å². The summed E-state index contributed by atoms with van der Waals surface area (Å²) in [7, 11) is -3.89. The van der Waals surface area contributed by atoms with Gasteiger partial charge < -0.3 is 0 Å². The van der Waals surface area contributed by atoms with E-state index in [1.165, 1.54) is 58.9 Å². The number of piperidine rings is 1. The Kier molecular flexibility index (Phi) is 6.79. The summed E-state index contributed by atoms with van der Waals surface area (Å²) in [6.45, 7) is 1.71. The predicted molar refractivity (Wildman–Crippen MR) is 122 cm³/mol. The van der Waals surface area contributed by atoms with E-state index in [1.54, 1.807) is 18.2 Å². The molecule has 168 valence electrons. The van der Waals surface area contributed by atoms with Gasteiger partial charge in [-0.3, -0.25) is 9.21 Å². The number of hydrogen-bond donors (Lipinski definition) is 0. The highest BCUT2D eigenvalue weighted by Crippen LogP contribution is 2.31. The summed E-state index contributed by atoms with van der Waals surface area (Å²) in [6, 6.07) is 17.9. The highest BCUT2D eigenvalue weighted by molar-refractivity contribution is 7.92. The highest BCUT2D eigenvalue weighted by atomic mass is 35.5. The van der Waals surface area contributed by atoms with Gasteiger partial charge in [-0.1, -0.05) is 29.8 Å². The summed E-state index contributed by atoms with van der Waals surface area (Å²) in [5, 5.41) is 0.443. The lowest BCUT2D eigenvalue weighted by Crippen LogP contribution is -2.47. The summed E-state index contributed by atoms with van der Waals surface area (Å²) in [5.74, 6) is -0.676. The molecule has 0 radical (unpaired) electrons. The molecule has 0 aromatic heterocycles. The van der Waals surface area contributed by atoms with Crippen LogP contribution in [-0.2, 0) is 16.6 Å². The van der Waals surface area contributed by atoms with Crippen LogP contribution < -0.4 is 4.31 Å². The van der Waals surface area contributed by atoms with Gasteiger partial charge in [-0.05, 0) is 67.4 Å². The largest absolute Gasteiger partial charge is 0.299 e. The molecule has 0 bridgehead atoms. The number of anilines is 1. The Morgan fingerprint density at radius 2 is 1.53 bits per heavy atom. The molecular weight excluding hydrogens is 454 g/mol. The minimum Gasteiger partial charge on any atom is -0.299 e. The fourth-order valence-corrected chi connectivity index (χ4v) is 5.87. The van der Waals surface area contributed by atoms with Gasteiger partial charge in [0.1, 0.15) is 11.6 Å². The van der Waals surface area contributed by atoms with E-state index < -0.39 is 15.8 Å². The number of rotatable bonds is 6. The number of nitrogens with zero attached hydrogens (tertiary/aromatic N) is 2. The van der Waals surface area contributed by atoms with Gasteiger partial charge in [-0.25, -0.2) is 17.2 Å². The molecule has 0 spiro atoms. The summed E-state index contributed by atoms with van der Waals surface area (Å²) >= 11 is 5.94. The highest BCUT2D eigenvalue weighted by Gasteiger charge is 2.34. The molecule has 0 unspecified atom stereocenters. The first-order valence-corrected chi connectivity index (χ1v) is 12.2. The van der Waals surface area contributed by atoms with Crippen molar-refractivity contribution in [2.45, 2.75) is 30.3 Å². The van der Waals surface area contributed by atoms with Crippen molar-refractivity contribution in [1.29, 1.82) is 0 Å². The van der Waals surface area contributed by atoms with E-state index in [2.05, 4.69) is 4.90 Å². The van der Waals surface area contributed by atoms with Gasteiger partial charge in [0, 0.05) is 36.3 Å². The second kappa shape index (κ2) is 9.57. The summed E-state index contributed by atoms with van der Waals surface area (Å²) < 4.78 is 56.1. The summed E-state index contributed by atoms with van der Waals surface area (Å²) in [4.78, 5) is 2.24. The molecule has 0 aliphatic carbocycles. The Balaban J connectivity index is 1.58. The molecule has 1 heterocycles. The smallest absolute Gasteiger partial charge is 0.264 e. The molecule has 0 N–H and O–H groups in total. The molecule has 0 atom stereocenters. The minimum absolute atomic E-state index is 0.125. The number of benzene rings is 3. The second-order valence-corrected chi connectivity index (χ2v) is 10.1. The van der Waals surface area contributed by atoms with E-state index in [1.807, 2.05) is 0 Å². The minimum atomic E-state index is -3.89. The molecular formula is C24H23ClF2N2O2S. The number of sulfonamides is 1. The first kappa shape index (κ1) is 22.7. The number of halogens is 3. The topological polar surface area (TPSA) is 40.6 Å². The van der Waals surface area contributed by atoms with Crippen LogP contribution in [0.4, 0.5) is 14.5 Å². The predicted octanol–water partition coefficient (Wildman–Crippen LogP) is 5.48. The Bertz CT molecular complexity index is 1160. The van der Waals surface area contributed by atoms with Crippen molar-refractivity contribution >= 4 is 27.3 Å². The van der Waals surface area contributed by atoms with Gasteiger partial charge in [-0.15, -0.1) is 0 Å². The van der Waals surface area contributed by atoms with Crippen LogP contribution in [0.2, 0.25) is 5.02 Å². The lowest BCUT2D eigenvalue weighted by molar-refractivity contribution is 0.204. The van der Waals surface area contributed by atoms with E-state index in [-0.39, 0.29) is 16.8 Å². The average Bonchev–Trinajstić information content (AvgIpc) is 2.78. The maximum atomic E-state index is 14.0. The third kappa shape index (κ3) is 4.95. The fourth-order valence-electron chi connectivity index (χ4n) is 4.03. The Morgan fingerprint density at radius 3 is 2.16 bits per heavy atom. The van der Waals surface area contributed by atoms with Crippen LogP contribution >= 0.6 is 11.6 Å². The quantitative estimate of drug-likeness (QED) is 0.473. The molecule has 1 saturated heterocycles. The normalized spacial score (nSPS) is 15.6. The van der Waals surface area contributed by atoms with Crippen molar-refractivity contribution in [3.8, 4) is 0 Å². The van der Waals surface area contributed by atoms with Gasteiger partial charge in [0.25, 0.3) is 10.0 Å². The molecule has 1 fully saturated rings. The standard InChI is InChI=1S/C24H23ClF2N2O2S/c25-19-5-11-23(12-6-19)32(30,31)29(21-9-7-20(26)8-10-21)22-13-15-28(16-14-22)17-18-3-1-2-4-24(18)27/h1-12,22H,13-17H2. The molecule has 4 rings (SSSR count). The van der Waals surface area contributed by atoms with Crippen LogP contribution in [0, 0.1) is 11.6 Å². The van der Waals surface area contributed by atoms with Crippen molar-refractivity contribution in [2.24, 2.45) is 0 Å². The lowest BCUT2D eigenvalue weighted by atomic mass is 10.0. The summed E-state index contributed by atoms with van der Waals surface area (Å²) in [5.41, 5.74) is 1.03. The molecule has 0 saturated carbocycles. The van der Waals surface area contributed by atoms with E-state index in [9.17, 15) is 17.2 Å². The van der Waals surface area contributed by atoms with E-state index in [0.29, 0.717) is 48.7 Å². The van der Waals surface area contributed by atoms with Crippen molar-refractivity contribution in [2.75, 3.05) is 17.4 Å². The fraction of sp³-hybridized carbons (Fsp3) is 0.250. The average molecular weight is 477 g/mol. The first-order valence-electron chi connectivity index (χ1n) is 10.4. The molecule has 0 amide bonds. The van der Waals surface area contributed by atoms with Crippen LogP contribution in [0.1, 0.15) is 18.4 Å². The van der Waals surface area contributed by atoms with Gasteiger partial charge in [0.2, 0.25) is 0 Å². The SMILES string of the molecule is O=S(=O)(c1ccc(Cl)cc1)N(c1ccc(F)cc1)C1CCN(Cc2ccccc2F)CC1. The first-order chi connectivity index (χ1) is 15.3. The molecule has 3 aromatic rings. The van der Waals surface area contributed by atoms with Gasteiger partial charge >= 0.3 is 0 Å². The molecule has 3 aromatic carbocycles. The van der Waals surface area contributed by atoms with Gasteiger partial charge in [0.05, 0.1) is 10.6 Å². The van der Waals surface area contributed by atoms with E-state index in [0.717, 1.165) is 0 Å². The molecule has 8 heteroatoms. The number of hydrogen-bond acceptors (Lipinski definition) is 3. The van der Waals surface area contributed by atoms with Crippen LogP contribution in [0.3, 0.4) is 0 Å². The van der Waals surface area contributed by atoms with Gasteiger partial charge in [-0.2, -0.15) is 0 Å². The monoisotopic (exact) mass is 476 g/mol. The molecule has 1 aliphatic rings. The lowest BCUT2D eigenvalue weighted by Gasteiger charge is -2.39. The van der Waals surface area contributed by atoms with Crippen molar-refractivity contribution in [3.63, 3.8) is 0 Å². The second-order valence-electron chi connectivity index (χ2n) is 7.83. The maximum absolute atomic E-state index is 14.0. The molecule has 1 aliphatic heterocycles. The van der Waals surface area contributed by atoms with Crippen molar-refractivity contribution in [1.82, 2.24) is 4.90 Å². The van der Waals surface area contributed by atoms with Crippen LogP contribution in [-0.4, -0.2) is 32.4 Å². The zero-order valence-corrected chi connectivity index (χ0v) is 18.9. The van der Waals surface area contributed by atoms with Crippen LogP contribution in [0.25, 0.3) is 0 Å². The zero-order valence-electron chi connectivity index (χ0n) is 17.3.